The molecule has 1 N–H and O–H groups in total. The van der Waals surface area contributed by atoms with Crippen LogP contribution in [0.2, 0.25) is 10.0 Å². The van der Waals surface area contributed by atoms with Crippen LogP contribution < -0.4 is 15.0 Å². The highest BCUT2D eigenvalue weighted by molar-refractivity contribution is 8.04. The molecule has 0 saturated heterocycles. The molecule has 1 heterocycles. The summed E-state index contributed by atoms with van der Waals surface area (Å²) in [5.74, 6) is -0.249. The third kappa shape index (κ3) is 4.42. The first-order chi connectivity index (χ1) is 15.0. The predicted octanol–water partition coefficient (Wildman–Crippen LogP) is 5.99. The lowest BCUT2D eigenvalue weighted by Gasteiger charge is -2.16. The van der Waals surface area contributed by atoms with E-state index >= 15 is 0 Å². The molecule has 1 aliphatic heterocycles. The molecule has 0 atom stereocenters. The van der Waals surface area contributed by atoms with Crippen LogP contribution in [0, 0.1) is 0 Å². The van der Waals surface area contributed by atoms with E-state index in [1.165, 1.54) is 11.8 Å². The number of amides is 2. The Labute approximate surface area is 193 Å². The zero-order valence-electron chi connectivity index (χ0n) is 16.3. The summed E-state index contributed by atoms with van der Waals surface area (Å²) in [5.41, 5.74) is 1.15. The SMILES string of the molecule is COc1ccc(NC2=C(Sc3ccc(Cl)cc3)C(=O)N(c3ccccc3Cl)C2=O)cc1. The largest absolute Gasteiger partial charge is 0.497 e. The Hall–Kier alpha value is -2.93. The van der Waals surface area contributed by atoms with Gasteiger partial charge in [0.25, 0.3) is 11.8 Å². The third-order valence-electron chi connectivity index (χ3n) is 4.53. The Morgan fingerprint density at radius 1 is 0.871 bits per heavy atom. The van der Waals surface area contributed by atoms with E-state index in [4.69, 9.17) is 27.9 Å². The van der Waals surface area contributed by atoms with Crippen LogP contribution in [0.1, 0.15) is 0 Å². The molecule has 0 radical (unpaired) electrons. The van der Waals surface area contributed by atoms with Crippen molar-refractivity contribution in [2.45, 2.75) is 4.90 Å². The lowest BCUT2D eigenvalue weighted by atomic mass is 10.2. The summed E-state index contributed by atoms with van der Waals surface area (Å²) in [7, 11) is 1.58. The number of methoxy groups -OCH3 is 1. The fourth-order valence-electron chi connectivity index (χ4n) is 3.01. The van der Waals surface area contributed by atoms with Gasteiger partial charge >= 0.3 is 0 Å². The summed E-state index contributed by atoms with van der Waals surface area (Å²) >= 11 is 13.4. The van der Waals surface area contributed by atoms with Gasteiger partial charge in [-0.3, -0.25) is 9.59 Å². The number of nitrogens with one attached hydrogen (secondary N) is 1. The number of rotatable bonds is 6. The van der Waals surface area contributed by atoms with Crippen LogP contribution in [-0.2, 0) is 9.59 Å². The first-order valence-electron chi connectivity index (χ1n) is 9.20. The van der Waals surface area contributed by atoms with Gasteiger partial charge in [-0.05, 0) is 60.7 Å². The minimum absolute atomic E-state index is 0.176. The van der Waals surface area contributed by atoms with Gasteiger partial charge in [-0.25, -0.2) is 4.90 Å². The van der Waals surface area contributed by atoms with Crippen molar-refractivity contribution in [2.24, 2.45) is 0 Å². The summed E-state index contributed by atoms with van der Waals surface area (Å²) < 4.78 is 5.18. The number of hydrogen-bond donors (Lipinski definition) is 1. The molecule has 31 heavy (non-hydrogen) atoms. The second-order valence-electron chi connectivity index (χ2n) is 6.51. The third-order valence-corrected chi connectivity index (χ3v) is 6.19. The number of carbonyl (C=O) groups is 2. The van der Waals surface area contributed by atoms with Crippen molar-refractivity contribution < 1.29 is 14.3 Å². The van der Waals surface area contributed by atoms with Gasteiger partial charge in [0.15, 0.2) is 0 Å². The highest BCUT2D eigenvalue weighted by atomic mass is 35.5. The Balaban J connectivity index is 1.74. The molecule has 0 bridgehead atoms. The van der Waals surface area contributed by atoms with E-state index in [0.717, 1.165) is 9.80 Å². The fourth-order valence-corrected chi connectivity index (χ4v) is 4.28. The summed E-state index contributed by atoms with van der Waals surface area (Å²) in [6.07, 6.45) is 0. The van der Waals surface area contributed by atoms with E-state index in [2.05, 4.69) is 5.32 Å². The Kier molecular flexibility index (Phi) is 6.23. The quantitative estimate of drug-likeness (QED) is 0.448. The van der Waals surface area contributed by atoms with Gasteiger partial charge in [-0.2, -0.15) is 0 Å². The molecule has 0 unspecified atom stereocenters. The van der Waals surface area contributed by atoms with E-state index in [0.29, 0.717) is 27.2 Å². The predicted molar refractivity (Wildman–Crippen MR) is 125 cm³/mol. The van der Waals surface area contributed by atoms with E-state index in [-0.39, 0.29) is 10.6 Å². The van der Waals surface area contributed by atoms with Gasteiger partial charge in [-0.15, -0.1) is 0 Å². The molecule has 0 spiro atoms. The number of halogens is 2. The van der Waals surface area contributed by atoms with Crippen LogP contribution in [0.25, 0.3) is 0 Å². The monoisotopic (exact) mass is 470 g/mol. The molecule has 156 valence electrons. The second kappa shape index (κ2) is 9.06. The first-order valence-corrected chi connectivity index (χ1v) is 10.8. The van der Waals surface area contributed by atoms with Crippen molar-refractivity contribution in [3.8, 4) is 5.75 Å². The molecule has 3 aromatic carbocycles. The number of carbonyl (C=O) groups excluding carboxylic acids is 2. The molecular weight excluding hydrogens is 455 g/mol. The minimum Gasteiger partial charge on any atom is -0.497 e. The van der Waals surface area contributed by atoms with Crippen molar-refractivity contribution in [2.75, 3.05) is 17.3 Å². The van der Waals surface area contributed by atoms with Crippen LogP contribution >= 0.6 is 35.0 Å². The Morgan fingerprint density at radius 3 is 2.19 bits per heavy atom. The van der Waals surface area contributed by atoms with Crippen LogP contribution in [-0.4, -0.2) is 18.9 Å². The number of ether oxygens (including phenoxy) is 1. The lowest BCUT2D eigenvalue weighted by molar-refractivity contribution is -0.120. The van der Waals surface area contributed by atoms with Crippen LogP contribution in [0.15, 0.2) is 88.3 Å². The second-order valence-corrected chi connectivity index (χ2v) is 8.44. The van der Waals surface area contributed by atoms with Crippen molar-refractivity contribution in [1.82, 2.24) is 0 Å². The molecule has 0 aromatic heterocycles. The molecular formula is C23H16Cl2N2O3S. The molecule has 1 aliphatic rings. The summed E-state index contributed by atoms with van der Waals surface area (Å²) in [4.78, 5) is 28.8. The molecule has 0 aliphatic carbocycles. The van der Waals surface area contributed by atoms with Crippen molar-refractivity contribution >= 4 is 58.2 Å². The van der Waals surface area contributed by atoms with Gasteiger partial charge in [0.1, 0.15) is 16.4 Å². The normalized spacial score (nSPS) is 13.7. The Morgan fingerprint density at radius 2 is 1.55 bits per heavy atom. The van der Waals surface area contributed by atoms with Gasteiger partial charge in [-0.1, -0.05) is 47.1 Å². The van der Waals surface area contributed by atoms with E-state index in [9.17, 15) is 9.59 Å². The topological polar surface area (TPSA) is 58.6 Å². The maximum Gasteiger partial charge on any atom is 0.283 e. The Bertz CT molecular complexity index is 1180. The molecule has 2 amide bonds. The van der Waals surface area contributed by atoms with Crippen molar-refractivity contribution in [3.63, 3.8) is 0 Å². The highest BCUT2D eigenvalue weighted by Crippen LogP contribution is 2.39. The molecule has 5 nitrogen and oxygen atoms in total. The summed E-state index contributed by atoms with van der Waals surface area (Å²) in [5, 5.41) is 3.99. The van der Waals surface area contributed by atoms with Crippen LogP contribution in [0.4, 0.5) is 11.4 Å². The smallest absolute Gasteiger partial charge is 0.283 e. The van der Waals surface area contributed by atoms with Crippen molar-refractivity contribution in [3.05, 3.63) is 93.4 Å². The minimum atomic E-state index is -0.481. The molecule has 3 aromatic rings. The van der Waals surface area contributed by atoms with Gasteiger partial charge in [0.05, 0.1) is 17.8 Å². The average molecular weight is 471 g/mol. The standard InChI is InChI=1S/C23H16Cl2N2O3S/c1-30-16-10-8-15(9-11-16)26-20-21(31-17-12-6-14(24)7-13-17)23(29)27(22(20)28)19-5-3-2-4-18(19)25/h2-13,26H,1H3. The maximum atomic E-state index is 13.3. The zero-order chi connectivity index (χ0) is 22.0. The van der Waals surface area contributed by atoms with E-state index < -0.39 is 11.8 Å². The molecule has 0 saturated carbocycles. The van der Waals surface area contributed by atoms with Gasteiger partial charge < -0.3 is 10.1 Å². The van der Waals surface area contributed by atoms with E-state index in [1.54, 1.807) is 79.9 Å². The number of anilines is 2. The summed E-state index contributed by atoms with van der Waals surface area (Å²) in [6, 6.07) is 20.9. The van der Waals surface area contributed by atoms with Crippen molar-refractivity contribution in [1.29, 1.82) is 0 Å². The molecule has 4 rings (SSSR count). The zero-order valence-corrected chi connectivity index (χ0v) is 18.6. The van der Waals surface area contributed by atoms with Gasteiger partial charge in [0, 0.05) is 15.6 Å². The highest BCUT2D eigenvalue weighted by Gasteiger charge is 2.41. The average Bonchev–Trinajstić information content (AvgIpc) is 3.00. The number of thioether (sulfide) groups is 1. The molecule has 0 fully saturated rings. The first kappa shape index (κ1) is 21.3. The number of nitrogens with zero attached hydrogens (tertiary/aromatic N) is 1. The summed E-state index contributed by atoms with van der Waals surface area (Å²) in [6.45, 7) is 0. The van der Waals surface area contributed by atoms with E-state index in [1.807, 2.05) is 0 Å². The number of benzene rings is 3. The molecule has 8 heteroatoms. The maximum absolute atomic E-state index is 13.3. The van der Waals surface area contributed by atoms with Crippen LogP contribution in [0.3, 0.4) is 0 Å². The number of hydrogen-bond acceptors (Lipinski definition) is 5. The van der Waals surface area contributed by atoms with Crippen LogP contribution in [0.5, 0.6) is 5.75 Å². The number of para-hydroxylation sites is 1. The van der Waals surface area contributed by atoms with Gasteiger partial charge in [0.2, 0.25) is 0 Å². The lowest BCUT2D eigenvalue weighted by Crippen LogP contribution is -2.32. The number of imide groups is 1. The fraction of sp³-hybridized carbons (Fsp3) is 0.0435.